The van der Waals surface area contributed by atoms with Crippen molar-refractivity contribution in [3.8, 4) is 12.1 Å². The van der Waals surface area contributed by atoms with Crippen LogP contribution in [0.1, 0.15) is 6.92 Å². The fourth-order valence-electron chi connectivity index (χ4n) is 0.0995. The first-order valence-corrected chi connectivity index (χ1v) is 3.06. The summed E-state index contributed by atoms with van der Waals surface area (Å²) in [5, 5.41) is 16.2. The highest BCUT2D eigenvalue weighted by Crippen LogP contribution is 2.07. The van der Waals surface area contributed by atoms with E-state index < -0.39 is 15.8 Å². The molecule has 0 radical (unpaired) electrons. The average Bonchev–Trinajstić information content (AvgIpc) is 1.86. The Bertz CT molecular complexity index is 198. The Balaban J connectivity index is 4.60. The van der Waals surface area contributed by atoms with E-state index in [0.717, 1.165) is 6.92 Å². The van der Waals surface area contributed by atoms with Gasteiger partial charge in [-0.2, -0.15) is 10.5 Å². The molecule has 0 aliphatic rings. The summed E-state index contributed by atoms with van der Waals surface area (Å²) in [6.07, 6.45) is 0. The molecule has 0 aliphatic carbocycles. The molecule has 9 heavy (non-hydrogen) atoms. The topological polar surface area (TPSA) is 87.7 Å². The molecule has 0 aliphatic heterocycles. The van der Waals surface area contributed by atoms with Gasteiger partial charge in [-0.25, -0.2) is 0 Å². The lowest BCUT2D eigenvalue weighted by molar-refractivity contribution is 0.524. The molecule has 0 amide bonds. The zero-order chi connectivity index (χ0) is 7.49. The summed E-state index contributed by atoms with van der Waals surface area (Å²) >= 11 is -2.64. The Morgan fingerprint density at radius 2 is 1.89 bits per heavy atom. The molecule has 1 atom stereocenters. The standard InChI is InChI=1S/C4H4N2O2S/c1-4(2-5,3-6)9(7)8/h1H3,(H,7,8)/p-1. The summed E-state index contributed by atoms with van der Waals surface area (Å²) < 4.78 is 18.2. The molecule has 0 spiro atoms. The third-order valence-electron chi connectivity index (χ3n) is 0.760. The van der Waals surface area contributed by atoms with Crippen LogP contribution in [-0.4, -0.2) is 13.5 Å². The van der Waals surface area contributed by atoms with Crippen molar-refractivity contribution in [3.63, 3.8) is 0 Å². The van der Waals surface area contributed by atoms with Crippen LogP contribution >= 0.6 is 0 Å². The lowest BCUT2D eigenvalue weighted by atomic mass is 10.2. The van der Waals surface area contributed by atoms with Gasteiger partial charge in [0, 0.05) is 0 Å². The SMILES string of the molecule is CC(C#N)(C#N)S(=O)[O-]. The smallest absolute Gasteiger partial charge is 0.201 e. The molecule has 0 bridgehead atoms. The molecule has 0 N–H and O–H groups in total. The normalized spacial score (nSPS) is 13.3. The maximum Gasteiger partial charge on any atom is 0.201 e. The van der Waals surface area contributed by atoms with Gasteiger partial charge in [-0.15, -0.1) is 0 Å². The summed E-state index contributed by atoms with van der Waals surface area (Å²) in [7, 11) is 0. The van der Waals surface area contributed by atoms with E-state index in [1.165, 1.54) is 12.1 Å². The Kier molecular flexibility index (Phi) is 2.32. The number of rotatable bonds is 1. The van der Waals surface area contributed by atoms with Crippen molar-refractivity contribution in [3.05, 3.63) is 0 Å². The predicted molar refractivity (Wildman–Crippen MR) is 28.6 cm³/mol. The molecule has 0 aromatic heterocycles. The minimum Gasteiger partial charge on any atom is -0.770 e. The third-order valence-corrected chi connectivity index (χ3v) is 1.61. The Hall–Kier alpha value is -0.910. The first-order chi connectivity index (χ1) is 4.06. The van der Waals surface area contributed by atoms with E-state index in [2.05, 4.69) is 0 Å². The highest BCUT2D eigenvalue weighted by Gasteiger charge is 2.23. The molecule has 0 saturated heterocycles. The van der Waals surface area contributed by atoms with E-state index in [4.69, 9.17) is 10.5 Å². The second kappa shape index (κ2) is 2.58. The fourth-order valence-corrected chi connectivity index (χ4v) is 0.249. The van der Waals surface area contributed by atoms with Gasteiger partial charge < -0.3 is 4.55 Å². The van der Waals surface area contributed by atoms with Crippen molar-refractivity contribution in [1.29, 1.82) is 10.5 Å². The van der Waals surface area contributed by atoms with Crippen molar-refractivity contribution in [1.82, 2.24) is 0 Å². The van der Waals surface area contributed by atoms with Crippen LogP contribution in [0.25, 0.3) is 0 Å². The number of hydrogen-bond donors (Lipinski definition) is 0. The van der Waals surface area contributed by atoms with Gasteiger partial charge in [0.05, 0.1) is 12.1 Å². The summed E-state index contributed by atoms with van der Waals surface area (Å²) in [4.78, 5) is 0. The van der Waals surface area contributed by atoms with Crippen molar-refractivity contribution >= 4 is 11.1 Å². The van der Waals surface area contributed by atoms with Crippen LogP contribution in [0.15, 0.2) is 0 Å². The predicted octanol–water partition coefficient (Wildman–Crippen LogP) is -0.329. The highest BCUT2D eigenvalue weighted by atomic mass is 32.2. The van der Waals surface area contributed by atoms with Gasteiger partial charge in [-0.05, 0) is 18.0 Å². The van der Waals surface area contributed by atoms with Crippen LogP contribution in [0, 0.1) is 22.7 Å². The Morgan fingerprint density at radius 1 is 1.56 bits per heavy atom. The van der Waals surface area contributed by atoms with Crippen molar-refractivity contribution in [2.45, 2.75) is 11.7 Å². The number of hydrogen-bond acceptors (Lipinski definition) is 4. The minimum atomic E-state index is -2.64. The zero-order valence-corrected chi connectivity index (χ0v) is 5.44. The first kappa shape index (κ1) is 8.09. The van der Waals surface area contributed by atoms with E-state index in [1.54, 1.807) is 0 Å². The summed E-state index contributed by atoms with van der Waals surface area (Å²) in [6.45, 7) is 1.04. The minimum absolute atomic E-state index is 1.04. The molecular formula is C4H3N2O2S-. The van der Waals surface area contributed by atoms with E-state index in [-0.39, 0.29) is 0 Å². The molecular weight excluding hydrogens is 140 g/mol. The zero-order valence-electron chi connectivity index (χ0n) is 4.62. The summed E-state index contributed by atoms with van der Waals surface area (Å²) in [5.41, 5.74) is 0. The van der Waals surface area contributed by atoms with Crippen LogP contribution in [0.2, 0.25) is 0 Å². The summed E-state index contributed by atoms with van der Waals surface area (Å²) in [5.74, 6) is 0. The van der Waals surface area contributed by atoms with Crippen LogP contribution < -0.4 is 0 Å². The first-order valence-electron chi connectivity index (χ1n) is 1.98. The maximum absolute atomic E-state index is 10.0. The van der Waals surface area contributed by atoms with Crippen LogP contribution in [-0.2, 0) is 11.1 Å². The van der Waals surface area contributed by atoms with Gasteiger partial charge in [-0.1, -0.05) is 0 Å². The van der Waals surface area contributed by atoms with Crippen LogP contribution in [0.4, 0.5) is 0 Å². The average molecular weight is 143 g/mol. The molecule has 0 aromatic carbocycles. The second-order valence-corrected chi connectivity index (χ2v) is 2.78. The molecule has 5 heteroatoms. The summed E-state index contributed by atoms with van der Waals surface area (Å²) in [6, 6.07) is 2.71. The largest absolute Gasteiger partial charge is 0.770 e. The molecule has 0 saturated carbocycles. The molecule has 1 unspecified atom stereocenters. The van der Waals surface area contributed by atoms with E-state index in [0.29, 0.717) is 0 Å². The molecule has 0 fully saturated rings. The van der Waals surface area contributed by atoms with Crippen molar-refractivity contribution < 1.29 is 8.76 Å². The lowest BCUT2D eigenvalue weighted by Gasteiger charge is -2.14. The number of nitriles is 2. The van der Waals surface area contributed by atoms with Gasteiger partial charge in [0.25, 0.3) is 0 Å². The van der Waals surface area contributed by atoms with Crippen molar-refractivity contribution in [2.75, 3.05) is 0 Å². The highest BCUT2D eigenvalue weighted by molar-refractivity contribution is 7.81. The van der Waals surface area contributed by atoms with Crippen molar-refractivity contribution in [2.24, 2.45) is 0 Å². The molecule has 0 rings (SSSR count). The van der Waals surface area contributed by atoms with Gasteiger partial charge in [-0.3, -0.25) is 4.21 Å². The quantitative estimate of drug-likeness (QED) is 0.470. The fraction of sp³-hybridized carbons (Fsp3) is 0.500. The van der Waals surface area contributed by atoms with Gasteiger partial charge in [0.15, 0.2) is 0 Å². The second-order valence-electron chi connectivity index (χ2n) is 1.49. The van der Waals surface area contributed by atoms with Crippen LogP contribution in [0.3, 0.4) is 0 Å². The molecule has 0 heterocycles. The third kappa shape index (κ3) is 1.49. The van der Waals surface area contributed by atoms with E-state index >= 15 is 0 Å². The number of nitrogens with zero attached hydrogens (tertiary/aromatic N) is 2. The molecule has 0 aromatic rings. The van der Waals surface area contributed by atoms with Gasteiger partial charge in [0.1, 0.15) is 0 Å². The van der Waals surface area contributed by atoms with Gasteiger partial charge in [0.2, 0.25) is 4.75 Å². The van der Waals surface area contributed by atoms with Gasteiger partial charge >= 0.3 is 0 Å². The lowest BCUT2D eigenvalue weighted by Crippen LogP contribution is -2.25. The van der Waals surface area contributed by atoms with E-state index in [9.17, 15) is 8.76 Å². The monoisotopic (exact) mass is 143 g/mol. The maximum atomic E-state index is 10.0. The van der Waals surface area contributed by atoms with Crippen LogP contribution in [0.5, 0.6) is 0 Å². The van der Waals surface area contributed by atoms with E-state index in [1.807, 2.05) is 0 Å². The molecule has 4 nitrogen and oxygen atoms in total. The Labute approximate surface area is 55.0 Å². The molecule has 48 valence electrons. The Morgan fingerprint density at radius 3 is 1.89 bits per heavy atom.